The molecule has 0 spiro atoms. The Labute approximate surface area is 115 Å². The SMILES string of the molecule is Nc1cc([N+](=O)[O-])cc(Sc2ncnc3nc[nH]c23)n1. The van der Waals surface area contributed by atoms with Gasteiger partial charge >= 0.3 is 0 Å². The van der Waals surface area contributed by atoms with E-state index in [2.05, 4.69) is 24.9 Å². The highest BCUT2D eigenvalue weighted by Gasteiger charge is 2.13. The van der Waals surface area contributed by atoms with Crippen molar-refractivity contribution in [3.63, 3.8) is 0 Å². The molecule has 0 atom stereocenters. The number of imidazole rings is 1. The number of H-pyrrole nitrogens is 1. The molecule has 0 unspecified atom stereocenters. The molecule has 100 valence electrons. The maximum atomic E-state index is 10.8. The summed E-state index contributed by atoms with van der Waals surface area (Å²) < 4.78 is 0. The van der Waals surface area contributed by atoms with Gasteiger partial charge in [0.15, 0.2) is 5.65 Å². The lowest BCUT2D eigenvalue weighted by molar-refractivity contribution is -0.385. The minimum atomic E-state index is -0.520. The average molecular weight is 289 g/mol. The van der Waals surface area contributed by atoms with Gasteiger partial charge in [-0.1, -0.05) is 0 Å². The van der Waals surface area contributed by atoms with Gasteiger partial charge in [0.05, 0.1) is 17.3 Å². The lowest BCUT2D eigenvalue weighted by Crippen LogP contribution is -1.96. The van der Waals surface area contributed by atoms with Crippen molar-refractivity contribution in [2.45, 2.75) is 10.1 Å². The Bertz CT molecular complexity index is 803. The fourth-order valence-corrected chi connectivity index (χ4v) is 2.47. The van der Waals surface area contributed by atoms with E-state index in [1.165, 1.54) is 24.8 Å². The van der Waals surface area contributed by atoms with E-state index in [0.29, 0.717) is 21.2 Å². The summed E-state index contributed by atoms with van der Waals surface area (Å²) in [5.74, 6) is 0.0802. The molecule has 0 aliphatic heterocycles. The molecule has 0 aromatic carbocycles. The first-order chi connectivity index (χ1) is 9.63. The number of nitrogens with two attached hydrogens (primary N) is 1. The van der Waals surface area contributed by atoms with Gasteiger partial charge in [0, 0.05) is 6.07 Å². The third-order valence-corrected chi connectivity index (χ3v) is 3.33. The van der Waals surface area contributed by atoms with E-state index in [0.717, 1.165) is 11.8 Å². The number of hydrogen-bond acceptors (Lipinski definition) is 8. The summed E-state index contributed by atoms with van der Waals surface area (Å²) in [5, 5.41) is 11.8. The lowest BCUT2D eigenvalue weighted by Gasteiger charge is -2.02. The van der Waals surface area contributed by atoms with E-state index in [1.54, 1.807) is 0 Å². The number of nitrogens with zero attached hydrogens (tertiary/aromatic N) is 5. The molecule has 0 saturated carbocycles. The molecule has 3 rings (SSSR count). The van der Waals surface area contributed by atoms with Crippen LogP contribution in [0.4, 0.5) is 11.5 Å². The van der Waals surface area contributed by atoms with Crippen LogP contribution < -0.4 is 5.73 Å². The first kappa shape index (κ1) is 12.3. The molecule has 0 aliphatic carbocycles. The molecule has 0 fully saturated rings. The summed E-state index contributed by atoms with van der Waals surface area (Å²) in [6.45, 7) is 0. The van der Waals surface area contributed by atoms with Gasteiger partial charge in [-0.15, -0.1) is 0 Å². The van der Waals surface area contributed by atoms with Gasteiger partial charge in [-0.05, 0) is 11.8 Å². The number of aromatic amines is 1. The van der Waals surface area contributed by atoms with Crippen LogP contribution in [0, 0.1) is 10.1 Å². The van der Waals surface area contributed by atoms with Crippen LogP contribution in [-0.2, 0) is 0 Å². The molecule has 3 N–H and O–H groups in total. The second-order valence-electron chi connectivity index (χ2n) is 3.73. The van der Waals surface area contributed by atoms with Crippen LogP contribution >= 0.6 is 11.8 Å². The molecule has 0 saturated heterocycles. The van der Waals surface area contributed by atoms with E-state index in [-0.39, 0.29) is 11.5 Å². The molecule has 20 heavy (non-hydrogen) atoms. The van der Waals surface area contributed by atoms with Gasteiger partial charge in [-0.2, -0.15) is 0 Å². The molecular formula is C10H7N7O2S. The Morgan fingerprint density at radius 2 is 2.15 bits per heavy atom. The van der Waals surface area contributed by atoms with Crippen molar-refractivity contribution >= 4 is 34.4 Å². The first-order valence-corrected chi connectivity index (χ1v) is 6.19. The average Bonchev–Trinajstić information content (AvgIpc) is 2.87. The predicted octanol–water partition coefficient (Wildman–Crippen LogP) is 1.39. The number of fused-ring (bicyclic) bond motifs is 1. The number of hydrogen-bond donors (Lipinski definition) is 2. The molecule has 10 heteroatoms. The fourth-order valence-electron chi connectivity index (χ4n) is 1.59. The number of aromatic nitrogens is 5. The van der Waals surface area contributed by atoms with Crippen LogP contribution in [0.2, 0.25) is 0 Å². The zero-order valence-corrected chi connectivity index (χ0v) is 10.7. The second-order valence-corrected chi connectivity index (χ2v) is 4.74. The van der Waals surface area contributed by atoms with Gasteiger partial charge in [0.25, 0.3) is 5.69 Å². The zero-order valence-electron chi connectivity index (χ0n) is 9.85. The van der Waals surface area contributed by atoms with Crippen molar-refractivity contribution in [1.29, 1.82) is 0 Å². The molecule has 0 aliphatic rings. The highest BCUT2D eigenvalue weighted by Crippen LogP contribution is 2.31. The molecule has 9 nitrogen and oxygen atoms in total. The minimum absolute atomic E-state index is 0.0802. The summed E-state index contributed by atoms with van der Waals surface area (Å²) >= 11 is 1.15. The van der Waals surface area contributed by atoms with E-state index >= 15 is 0 Å². The maximum Gasteiger partial charge on any atom is 0.275 e. The summed E-state index contributed by atoms with van der Waals surface area (Å²) in [6.07, 6.45) is 2.87. The van der Waals surface area contributed by atoms with Crippen LogP contribution in [0.5, 0.6) is 0 Å². The highest BCUT2D eigenvalue weighted by atomic mass is 32.2. The van der Waals surface area contributed by atoms with Gasteiger partial charge in [-0.25, -0.2) is 19.9 Å². The molecule has 3 aromatic rings. The number of nitro groups is 1. The first-order valence-electron chi connectivity index (χ1n) is 5.37. The monoisotopic (exact) mass is 289 g/mol. The number of nitrogens with one attached hydrogen (secondary N) is 1. The lowest BCUT2D eigenvalue weighted by atomic mass is 10.4. The second kappa shape index (κ2) is 4.74. The third kappa shape index (κ3) is 2.23. The van der Waals surface area contributed by atoms with Crippen molar-refractivity contribution in [3.05, 3.63) is 34.9 Å². The molecule has 3 aromatic heterocycles. The van der Waals surface area contributed by atoms with Gasteiger partial charge < -0.3 is 10.7 Å². The number of anilines is 1. The Kier molecular flexibility index (Phi) is 2.91. The van der Waals surface area contributed by atoms with Gasteiger partial charge in [0.1, 0.15) is 27.7 Å². The Morgan fingerprint density at radius 1 is 1.30 bits per heavy atom. The normalized spacial score (nSPS) is 10.8. The highest BCUT2D eigenvalue weighted by molar-refractivity contribution is 7.99. The maximum absolute atomic E-state index is 10.8. The minimum Gasteiger partial charge on any atom is -0.383 e. The molecule has 0 bridgehead atoms. The number of pyridine rings is 1. The van der Waals surface area contributed by atoms with Gasteiger partial charge in [-0.3, -0.25) is 10.1 Å². The van der Waals surface area contributed by atoms with Crippen molar-refractivity contribution in [1.82, 2.24) is 24.9 Å². The Balaban J connectivity index is 2.02. The third-order valence-electron chi connectivity index (χ3n) is 2.41. The van der Waals surface area contributed by atoms with E-state index in [4.69, 9.17) is 5.73 Å². The van der Waals surface area contributed by atoms with Crippen LogP contribution in [0.1, 0.15) is 0 Å². The molecular weight excluding hydrogens is 282 g/mol. The van der Waals surface area contributed by atoms with Crippen molar-refractivity contribution in [2.75, 3.05) is 5.73 Å². The van der Waals surface area contributed by atoms with Crippen LogP contribution in [0.25, 0.3) is 11.2 Å². The number of nitrogen functional groups attached to an aromatic ring is 1. The standard InChI is InChI=1S/C10H7N7O2S/c11-6-1-5(17(18)19)2-7(16-6)20-10-8-9(13-3-12-8)14-4-15-10/h1-4H,(H2,11,16)(H,12,13,14,15). The molecule has 0 radical (unpaired) electrons. The largest absolute Gasteiger partial charge is 0.383 e. The Hall–Kier alpha value is -2.75. The van der Waals surface area contributed by atoms with Crippen LogP contribution in [0.15, 0.2) is 34.8 Å². The van der Waals surface area contributed by atoms with E-state index < -0.39 is 4.92 Å². The Morgan fingerprint density at radius 3 is 2.95 bits per heavy atom. The fraction of sp³-hybridized carbons (Fsp3) is 0. The van der Waals surface area contributed by atoms with E-state index in [9.17, 15) is 10.1 Å². The quantitative estimate of drug-likeness (QED) is 0.419. The predicted molar refractivity (Wildman–Crippen MR) is 71.1 cm³/mol. The number of rotatable bonds is 3. The molecule has 0 amide bonds. The van der Waals surface area contributed by atoms with Crippen molar-refractivity contribution in [2.24, 2.45) is 0 Å². The molecule has 3 heterocycles. The van der Waals surface area contributed by atoms with Crippen molar-refractivity contribution < 1.29 is 4.92 Å². The topological polar surface area (TPSA) is 137 Å². The summed E-state index contributed by atoms with van der Waals surface area (Å²) in [5.41, 5.74) is 6.60. The van der Waals surface area contributed by atoms with Crippen molar-refractivity contribution in [3.8, 4) is 0 Å². The smallest absolute Gasteiger partial charge is 0.275 e. The summed E-state index contributed by atoms with van der Waals surface area (Å²) in [7, 11) is 0. The summed E-state index contributed by atoms with van der Waals surface area (Å²) in [4.78, 5) is 29.3. The van der Waals surface area contributed by atoms with Gasteiger partial charge in [0.2, 0.25) is 0 Å². The zero-order chi connectivity index (χ0) is 14.1. The van der Waals surface area contributed by atoms with Crippen LogP contribution in [-0.4, -0.2) is 29.8 Å². The summed E-state index contributed by atoms with van der Waals surface area (Å²) in [6, 6.07) is 2.54. The van der Waals surface area contributed by atoms with Crippen LogP contribution in [0.3, 0.4) is 0 Å². The van der Waals surface area contributed by atoms with E-state index in [1.807, 2.05) is 0 Å².